The molecule has 5 heteroatoms. The zero-order valence-electron chi connectivity index (χ0n) is 9.02. The van der Waals surface area contributed by atoms with Crippen molar-refractivity contribution in [3.05, 3.63) is 50.9 Å². The van der Waals surface area contributed by atoms with Gasteiger partial charge in [-0.15, -0.1) is 0 Å². The van der Waals surface area contributed by atoms with Crippen LogP contribution in [0.3, 0.4) is 0 Å². The lowest BCUT2D eigenvalue weighted by molar-refractivity contribution is 0.911. The molecule has 2 aromatic rings. The minimum Gasteiger partial charge on any atom is -0.299 e. The van der Waals surface area contributed by atoms with Gasteiger partial charge in [0.25, 0.3) is 5.56 Å². The minimum absolute atomic E-state index is 0.195. The molecule has 0 saturated carbocycles. The van der Waals surface area contributed by atoms with Crippen molar-refractivity contribution >= 4 is 12.2 Å². The summed E-state index contributed by atoms with van der Waals surface area (Å²) in [4.78, 5) is 18.0. The van der Waals surface area contributed by atoms with E-state index >= 15 is 0 Å². The molecule has 0 aliphatic carbocycles. The van der Waals surface area contributed by atoms with E-state index in [1.54, 1.807) is 10.8 Å². The second-order valence-electron chi connectivity index (χ2n) is 3.54. The Balaban J connectivity index is 2.68. The summed E-state index contributed by atoms with van der Waals surface area (Å²) in [5.74, 6) is 0. The van der Waals surface area contributed by atoms with Crippen LogP contribution in [0.25, 0.3) is 5.69 Å². The zero-order valence-corrected chi connectivity index (χ0v) is 9.84. The fourth-order valence-corrected chi connectivity index (χ4v) is 1.80. The maximum absolute atomic E-state index is 11.1. The summed E-state index contributed by atoms with van der Waals surface area (Å²) in [7, 11) is 0. The van der Waals surface area contributed by atoms with E-state index in [4.69, 9.17) is 12.2 Å². The summed E-state index contributed by atoms with van der Waals surface area (Å²) in [6, 6.07) is 5.29. The van der Waals surface area contributed by atoms with Crippen molar-refractivity contribution in [3.8, 4) is 5.69 Å². The molecular weight excluding hydrogens is 222 g/mol. The molecule has 0 aliphatic heterocycles. The summed E-state index contributed by atoms with van der Waals surface area (Å²) in [6.07, 6.45) is 1.65. The number of aromatic nitrogens is 3. The average Bonchev–Trinajstić information content (AvgIpc) is 2.19. The molecule has 2 rings (SSSR count). The molecule has 0 aromatic carbocycles. The van der Waals surface area contributed by atoms with E-state index < -0.39 is 0 Å². The predicted molar refractivity (Wildman–Crippen MR) is 64.5 cm³/mol. The molecule has 0 spiro atoms. The van der Waals surface area contributed by atoms with E-state index in [0.29, 0.717) is 4.77 Å². The highest BCUT2D eigenvalue weighted by atomic mass is 32.1. The number of rotatable bonds is 1. The molecule has 1 N–H and O–H groups in total. The fourth-order valence-electron chi connectivity index (χ4n) is 1.54. The minimum atomic E-state index is -0.195. The molecular formula is C11H11N3OS. The number of hydrogen-bond acceptors (Lipinski definition) is 3. The van der Waals surface area contributed by atoms with Crippen LogP contribution < -0.4 is 5.56 Å². The van der Waals surface area contributed by atoms with Crippen LogP contribution in [-0.2, 0) is 0 Å². The van der Waals surface area contributed by atoms with Gasteiger partial charge in [-0.2, -0.15) is 0 Å². The van der Waals surface area contributed by atoms with Crippen molar-refractivity contribution < 1.29 is 0 Å². The van der Waals surface area contributed by atoms with Crippen molar-refractivity contribution in [3.63, 3.8) is 0 Å². The van der Waals surface area contributed by atoms with Crippen LogP contribution in [0.5, 0.6) is 0 Å². The monoisotopic (exact) mass is 233 g/mol. The Morgan fingerprint density at radius 1 is 1.31 bits per heavy atom. The van der Waals surface area contributed by atoms with Gasteiger partial charge in [-0.3, -0.25) is 19.3 Å². The van der Waals surface area contributed by atoms with Crippen molar-refractivity contribution in [2.24, 2.45) is 0 Å². The summed E-state index contributed by atoms with van der Waals surface area (Å²) >= 11 is 5.09. The molecule has 2 aromatic heterocycles. The number of nitrogens with one attached hydrogen (secondary N) is 1. The summed E-state index contributed by atoms with van der Waals surface area (Å²) < 4.78 is 2.11. The second kappa shape index (κ2) is 4.02. The van der Waals surface area contributed by atoms with Gasteiger partial charge in [0.05, 0.1) is 11.4 Å². The van der Waals surface area contributed by atoms with E-state index in [1.807, 2.05) is 26.0 Å². The first kappa shape index (κ1) is 10.8. The molecule has 16 heavy (non-hydrogen) atoms. The van der Waals surface area contributed by atoms with E-state index in [1.165, 1.54) is 6.07 Å². The third kappa shape index (κ3) is 1.94. The van der Waals surface area contributed by atoms with E-state index in [-0.39, 0.29) is 5.56 Å². The number of nitrogens with zero attached hydrogens (tertiary/aromatic N) is 2. The molecule has 0 bridgehead atoms. The highest BCUT2D eigenvalue weighted by molar-refractivity contribution is 7.71. The lowest BCUT2D eigenvalue weighted by Gasteiger charge is -2.09. The summed E-state index contributed by atoms with van der Waals surface area (Å²) in [5, 5.41) is 0. The van der Waals surface area contributed by atoms with Gasteiger partial charge in [-0.25, -0.2) is 0 Å². The van der Waals surface area contributed by atoms with E-state index in [2.05, 4.69) is 9.97 Å². The van der Waals surface area contributed by atoms with E-state index in [9.17, 15) is 4.79 Å². The van der Waals surface area contributed by atoms with Crippen molar-refractivity contribution in [2.45, 2.75) is 13.8 Å². The molecule has 0 aliphatic rings. The number of hydrogen-bond donors (Lipinski definition) is 1. The Morgan fingerprint density at radius 2 is 2.06 bits per heavy atom. The Bertz CT molecular complexity index is 642. The fraction of sp³-hybridized carbons (Fsp3) is 0.182. The standard InChI is InChI=1S/C11H11N3OS/c1-7-3-4-9(8(2)12-7)14-6-5-10(15)13-11(14)16/h3-6H,1-2H3,(H,13,15,16). The highest BCUT2D eigenvalue weighted by Crippen LogP contribution is 2.11. The maximum atomic E-state index is 11.1. The van der Waals surface area contributed by atoms with Gasteiger partial charge in [-0.05, 0) is 38.2 Å². The first-order valence-electron chi connectivity index (χ1n) is 4.84. The molecule has 0 unspecified atom stereocenters. The van der Waals surface area contributed by atoms with Gasteiger partial charge in [0.15, 0.2) is 4.77 Å². The first-order chi connectivity index (χ1) is 7.58. The molecule has 0 saturated heterocycles. The predicted octanol–water partition coefficient (Wildman–Crippen LogP) is 1.91. The van der Waals surface area contributed by atoms with Crippen LogP contribution in [0, 0.1) is 18.6 Å². The Hall–Kier alpha value is -1.75. The highest BCUT2D eigenvalue weighted by Gasteiger charge is 2.02. The van der Waals surface area contributed by atoms with Gasteiger partial charge in [0, 0.05) is 18.0 Å². The van der Waals surface area contributed by atoms with Gasteiger partial charge in [-0.1, -0.05) is 0 Å². The van der Waals surface area contributed by atoms with Crippen molar-refractivity contribution in [1.82, 2.24) is 14.5 Å². The Morgan fingerprint density at radius 3 is 2.69 bits per heavy atom. The quantitative estimate of drug-likeness (QED) is 0.765. The zero-order chi connectivity index (χ0) is 11.7. The number of aryl methyl sites for hydroxylation is 2. The molecule has 82 valence electrons. The van der Waals surface area contributed by atoms with Crippen molar-refractivity contribution in [2.75, 3.05) is 0 Å². The summed E-state index contributed by atoms with van der Waals surface area (Å²) in [6.45, 7) is 3.85. The SMILES string of the molecule is Cc1ccc(-n2ccc(=O)[nH]c2=S)c(C)n1. The molecule has 4 nitrogen and oxygen atoms in total. The van der Waals surface area contributed by atoms with Gasteiger partial charge in [0.2, 0.25) is 0 Å². The molecule has 2 heterocycles. The largest absolute Gasteiger partial charge is 0.299 e. The lowest BCUT2D eigenvalue weighted by Crippen LogP contribution is -2.11. The lowest BCUT2D eigenvalue weighted by atomic mass is 10.2. The topological polar surface area (TPSA) is 50.7 Å². The van der Waals surface area contributed by atoms with Crippen LogP contribution in [0.15, 0.2) is 29.2 Å². The summed E-state index contributed by atoms with van der Waals surface area (Å²) in [5.41, 5.74) is 2.52. The number of pyridine rings is 1. The maximum Gasteiger partial charge on any atom is 0.251 e. The van der Waals surface area contributed by atoms with Gasteiger partial charge >= 0.3 is 0 Å². The third-order valence-corrected chi connectivity index (χ3v) is 2.58. The first-order valence-corrected chi connectivity index (χ1v) is 5.25. The van der Waals surface area contributed by atoms with E-state index in [0.717, 1.165) is 17.1 Å². The molecule has 0 atom stereocenters. The Kier molecular flexibility index (Phi) is 2.70. The smallest absolute Gasteiger partial charge is 0.251 e. The van der Waals surface area contributed by atoms with Crippen LogP contribution >= 0.6 is 12.2 Å². The normalized spacial score (nSPS) is 10.4. The van der Waals surface area contributed by atoms with Crippen LogP contribution in [0.2, 0.25) is 0 Å². The average molecular weight is 233 g/mol. The second-order valence-corrected chi connectivity index (χ2v) is 3.92. The number of aromatic amines is 1. The third-order valence-electron chi connectivity index (χ3n) is 2.28. The van der Waals surface area contributed by atoms with Crippen LogP contribution in [-0.4, -0.2) is 14.5 Å². The van der Waals surface area contributed by atoms with Crippen LogP contribution in [0.4, 0.5) is 0 Å². The molecule has 0 radical (unpaired) electrons. The van der Waals surface area contributed by atoms with Crippen LogP contribution in [0.1, 0.15) is 11.4 Å². The Labute approximate surface area is 97.6 Å². The van der Waals surface area contributed by atoms with Gasteiger partial charge < -0.3 is 0 Å². The molecule has 0 fully saturated rings. The van der Waals surface area contributed by atoms with Gasteiger partial charge in [0.1, 0.15) is 0 Å². The number of H-pyrrole nitrogens is 1. The van der Waals surface area contributed by atoms with Crippen molar-refractivity contribution in [1.29, 1.82) is 0 Å². The molecule has 0 amide bonds.